The molecule has 4 rings (SSSR count). The number of ether oxygens (including phenoxy) is 1. The lowest BCUT2D eigenvalue weighted by Gasteiger charge is -2.11. The second kappa shape index (κ2) is 9.35. The molecule has 0 aliphatic carbocycles. The summed E-state index contributed by atoms with van der Waals surface area (Å²) in [5.74, 6) is 0.827. The maximum absolute atomic E-state index is 13.3. The van der Waals surface area contributed by atoms with Gasteiger partial charge in [-0.1, -0.05) is 12.1 Å². The molecule has 2 aromatic heterocycles. The number of nitrogens with zero attached hydrogens (tertiary/aromatic N) is 4. The Bertz CT molecular complexity index is 1410. The molecule has 33 heavy (non-hydrogen) atoms. The average molecular weight is 441 g/mol. The number of hydrazone groups is 1. The van der Waals surface area contributed by atoms with Gasteiger partial charge in [-0.25, -0.2) is 9.97 Å². The van der Waals surface area contributed by atoms with Gasteiger partial charge in [-0.15, -0.1) is 6.58 Å². The smallest absolute Gasteiger partial charge is 0.301 e. The molecule has 8 nitrogen and oxygen atoms in total. The molecular weight excluding hydrogens is 418 g/mol. The number of phenols is 1. The van der Waals surface area contributed by atoms with Crippen molar-refractivity contribution < 1.29 is 9.84 Å². The fraction of sp³-hybridized carbons (Fsp3) is 0.120. The van der Waals surface area contributed by atoms with Crippen LogP contribution < -0.4 is 15.7 Å². The Balaban J connectivity index is 1.74. The summed E-state index contributed by atoms with van der Waals surface area (Å²) in [6, 6.07) is 14.3. The first-order chi connectivity index (χ1) is 16.0. The van der Waals surface area contributed by atoms with Crippen molar-refractivity contribution >= 4 is 23.2 Å². The lowest BCUT2D eigenvalue weighted by Crippen LogP contribution is -2.23. The Morgan fingerprint density at radius 1 is 1.24 bits per heavy atom. The molecule has 0 aliphatic rings. The summed E-state index contributed by atoms with van der Waals surface area (Å²) in [4.78, 5) is 22.0. The van der Waals surface area contributed by atoms with Gasteiger partial charge in [0.1, 0.15) is 17.0 Å². The molecule has 0 saturated carbocycles. The summed E-state index contributed by atoms with van der Waals surface area (Å²) in [5.41, 5.74) is 6.13. The monoisotopic (exact) mass is 441 g/mol. The van der Waals surface area contributed by atoms with Gasteiger partial charge in [0.15, 0.2) is 5.65 Å². The maximum atomic E-state index is 13.3. The van der Waals surface area contributed by atoms with Crippen molar-refractivity contribution in [2.75, 3.05) is 12.5 Å². The van der Waals surface area contributed by atoms with Crippen molar-refractivity contribution in [3.05, 3.63) is 94.4 Å². The fourth-order valence-corrected chi connectivity index (χ4v) is 3.52. The minimum Gasteiger partial charge on any atom is -0.507 e. The Hall–Kier alpha value is -4.46. The van der Waals surface area contributed by atoms with E-state index in [1.807, 2.05) is 13.0 Å². The summed E-state index contributed by atoms with van der Waals surface area (Å²) in [7, 11) is 1.58. The number of aromatic hydroxyl groups is 1. The van der Waals surface area contributed by atoms with E-state index in [9.17, 15) is 9.90 Å². The molecule has 0 unspecified atom stereocenters. The van der Waals surface area contributed by atoms with Gasteiger partial charge < -0.3 is 9.84 Å². The van der Waals surface area contributed by atoms with E-state index in [1.165, 1.54) is 10.8 Å². The predicted molar refractivity (Wildman–Crippen MR) is 130 cm³/mol. The second-order valence-corrected chi connectivity index (χ2v) is 7.37. The van der Waals surface area contributed by atoms with Gasteiger partial charge in [-0.05, 0) is 66.9 Å². The van der Waals surface area contributed by atoms with Crippen LogP contribution in [0, 0.1) is 6.92 Å². The van der Waals surface area contributed by atoms with Crippen LogP contribution in [0.5, 0.6) is 11.5 Å². The average Bonchev–Trinajstić information content (AvgIpc) is 2.82. The Kier molecular flexibility index (Phi) is 6.17. The number of fused-ring (bicyclic) bond motifs is 1. The summed E-state index contributed by atoms with van der Waals surface area (Å²) in [6.45, 7) is 5.65. The van der Waals surface area contributed by atoms with Crippen molar-refractivity contribution in [3.63, 3.8) is 0 Å². The highest BCUT2D eigenvalue weighted by atomic mass is 16.5. The van der Waals surface area contributed by atoms with E-state index < -0.39 is 5.56 Å². The van der Waals surface area contributed by atoms with Crippen LogP contribution in [0.25, 0.3) is 16.9 Å². The summed E-state index contributed by atoms with van der Waals surface area (Å²) < 4.78 is 6.67. The first-order valence-corrected chi connectivity index (χ1v) is 10.3. The maximum Gasteiger partial charge on any atom is 0.301 e. The third kappa shape index (κ3) is 4.45. The molecule has 0 aliphatic heterocycles. The number of hydrogen-bond acceptors (Lipinski definition) is 7. The van der Waals surface area contributed by atoms with Crippen LogP contribution in [-0.2, 0) is 6.42 Å². The number of phenolic OH excluding ortho intramolecular Hbond substituents is 1. The topological polar surface area (TPSA) is 102 Å². The standard InChI is InChI=1S/C25H23N5O3/c1-4-6-17-13-16(2)14-18(22(17)31)15-27-29-23-25(32)30(19-8-10-20(33-3)11-9-19)24-21(28-23)7-5-12-26-24/h4-5,7-15,31H,1,6H2,2-3H3,(H,28,29)/b27-15+. The van der Waals surface area contributed by atoms with Crippen LogP contribution in [0.15, 0.2) is 77.3 Å². The first kappa shape index (κ1) is 21.8. The highest BCUT2D eigenvalue weighted by Crippen LogP contribution is 2.24. The van der Waals surface area contributed by atoms with E-state index in [4.69, 9.17) is 4.74 Å². The number of aryl methyl sites for hydroxylation is 1. The van der Waals surface area contributed by atoms with Crippen molar-refractivity contribution in [3.8, 4) is 17.2 Å². The zero-order valence-electron chi connectivity index (χ0n) is 18.3. The van der Waals surface area contributed by atoms with E-state index in [-0.39, 0.29) is 11.6 Å². The van der Waals surface area contributed by atoms with E-state index in [0.717, 1.165) is 11.1 Å². The van der Waals surface area contributed by atoms with Crippen LogP contribution in [-0.4, -0.2) is 33.0 Å². The van der Waals surface area contributed by atoms with Crippen LogP contribution in [0.2, 0.25) is 0 Å². The minimum atomic E-state index is -0.413. The molecule has 0 amide bonds. The Labute approximate surface area is 190 Å². The fourth-order valence-electron chi connectivity index (χ4n) is 3.52. The predicted octanol–water partition coefficient (Wildman–Crippen LogP) is 3.98. The molecule has 0 saturated heterocycles. The molecule has 166 valence electrons. The Morgan fingerprint density at radius 3 is 2.76 bits per heavy atom. The quantitative estimate of drug-likeness (QED) is 0.256. The normalized spacial score (nSPS) is 11.1. The van der Waals surface area contributed by atoms with Crippen LogP contribution in [0.4, 0.5) is 5.82 Å². The molecule has 0 bridgehead atoms. The van der Waals surface area contributed by atoms with Gasteiger partial charge in [-0.3, -0.25) is 14.8 Å². The van der Waals surface area contributed by atoms with Gasteiger partial charge in [0.2, 0.25) is 5.82 Å². The van der Waals surface area contributed by atoms with Crippen molar-refractivity contribution in [2.45, 2.75) is 13.3 Å². The molecule has 8 heteroatoms. The van der Waals surface area contributed by atoms with Crippen molar-refractivity contribution in [2.24, 2.45) is 5.10 Å². The van der Waals surface area contributed by atoms with Gasteiger partial charge in [0.05, 0.1) is 19.0 Å². The molecule has 0 radical (unpaired) electrons. The van der Waals surface area contributed by atoms with Gasteiger partial charge in [0, 0.05) is 11.8 Å². The molecule has 0 fully saturated rings. The molecular formula is C25H23N5O3. The number of pyridine rings is 1. The summed E-state index contributed by atoms with van der Waals surface area (Å²) in [5, 5.41) is 14.7. The number of nitrogens with one attached hydrogen (secondary N) is 1. The van der Waals surface area contributed by atoms with Crippen LogP contribution in [0.1, 0.15) is 16.7 Å². The highest BCUT2D eigenvalue weighted by molar-refractivity contribution is 5.85. The number of rotatable bonds is 7. The summed E-state index contributed by atoms with van der Waals surface area (Å²) in [6.07, 6.45) is 5.33. The largest absolute Gasteiger partial charge is 0.507 e. The minimum absolute atomic E-state index is 0.0287. The SMILES string of the molecule is C=CCc1cc(C)cc(/C=N/Nc2nc3cccnc3n(-c3ccc(OC)cc3)c2=O)c1O. The van der Waals surface area contributed by atoms with E-state index >= 15 is 0 Å². The molecule has 2 N–H and O–H groups in total. The van der Waals surface area contributed by atoms with Crippen molar-refractivity contribution in [1.82, 2.24) is 14.5 Å². The van der Waals surface area contributed by atoms with Crippen molar-refractivity contribution in [1.29, 1.82) is 0 Å². The first-order valence-electron chi connectivity index (χ1n) is 10.3. The second-order valence-electron chi connectivity index (χ2n) is 7.37. The number of benzene rings is 2. The third-order valence-electron chi connectivity index (χ3n) is 5.05. The van der Waals surface area contributed by atoms with E-state index in [0.29, 0.717) is 34.6 Å². The molecule has 4 aromatic rings. The van der Waals surface area contributed by atoms with E-state index in [2.05, 4.69) is 27.1 Å². The lowest BCUT2D eigenvalue weighted by atomic mass is 10.0. The number of methoxy groups -OCH3 is 1. The zero-order chi connectivity index (χ0) is 23.4. The van der Waals surface area contributed by atoms with Crippen LogP contribution in [0.3, 0.4) is 0 Å². The Morgan fingerprint density at radius 2 is 2.03 bits per heavy atom. The number of anilines is 1. The molecule has 2 heterocycles. The zero-order valence-corrected chi connectivity index (χ0v) is 18.3. The highest BCUT2D eigenvalue weighted by Gasteiger charge is 2.13. The number of allylic oxidation sites excluding steroid dienone is 1. The van der Waals surface area contributed by atoms with Gasteiger partial charge in [0.25, 0.3) is 0 Å². The third-order valence-corrected chi connectivity index (χ3v) is 5.05. The van der Waals surface area contributed by atoms with Gasteiger partial charge >= 0.3 is 5.56 Å². The number of hydrogen-bond donors (Lipinski definition) is 2. The van der Waals surface area contributed by atoms with Crippen LogP contribution >= 0.6 is 0 Å². The molecule has 0 spiro atoms. The summed E-state index contributed by atoms with van der Waals surface area (Å²) >= 11 is 0. The molecule has 2 aromatic carbocycles. The van der Waals surface area contributed by atoms with Gasteiger partial charge in [-0.2, -0.15) is 5.10 Å². The molecule has 0 atom stereocenters. The lowest BCUT2D eigenvalue weighted by molar-refractivity contribution is 0.414. The van der Waals surface area contributed by atoms with E-state index in [1.54, 1.807) is 61.8 Å². The number of aromatic nitrogens is 3.